The second kappa shape index (κ2) is 14.4. The fraction of sp³-hybridized carbons (Fsp3) is 0.243. The van der Waals surface area contributed by atoms with Crippen LogP contribution in [-0.2, 0) is 31.1 Å². The first-order valence-corrected chi connectivity index (χ1v) is 16.1. The molecule has 252 valence electrons. The minimum Gasteiger partial charge on any atom is -0.491 e. The van der Waals surface area contributed by atoms with E-state index in [0.717, 1.165) is 17.7 Å². The highest BCUT2D eigenvalue weighted by Gasteiger charge is 2.54. The Hall–Kier alpha value is -5.39. The number of hydrogen-bond acceptors (Lipinski definition) is 10. The molecule has 1 spiro atoms. The summed E-state index contributed by atoms with van der Waals surface area (Å²) in [6.07, 6.45) is 0.799. The van der Waals surface area contributed by atoms with Crippen LogP contribution in [0.1, 0.15) is 56.8 Å². The summed E-state index contributed by atoms with van der Waals surface area (Å²) in [6, 6.07) is 22.0. The second-order valence-electron chi connectivity index (χ2n) is 11.2. The van der Waals surface area contributed by atoms with Crippen molar-refractivity contribution in [2.45, 2.75) is 25.9 Å². The van der Waals surface area contributed by atoms with Crippen LogP contribution in [0.4, 0.5) is 0 Å². The largest absolute Gasteiger partial charge is 0.491 e. The van der Waals surface area contributed by atoms with Crippen LogP contribution in [0.3, 0.4) is 0 Å². The molecule has 0 fully saturated rings. The average Bonchev–Trinajstić information content (AvgIpc) is 3.36. The van der Waals surface area contributed by atoms with E-state index in [1.165, 1.54) is 32.0 Å². The first-order chi connectivity index (χ1) is 23.7. The summed E-state index contributed by atoms with van der Waals surface area (Å²) in [7, 11) is 0. The third-order valence-corrected chi connectivity index (χ3v) is 8.06. The van der Waals surface area contributed by atoms with Crippen LogP contribution in [0.25, 0.3) is 0 Å². The molecule has 1 amide bonds. The van der Waals surface area contributed by atoms with Gasteiger partial charge in [-0.2, -0.15) is 0 Å². The standard InChI is InChI=1S/C37H32ClNO10/c1-22(40)46-27-8-11-31-33(20-27)48-34-21-28(47-23(2)41)9-12-32(34)37(31)30-10-5-25(19-29(30)36(43)49-37)35(42)39-15-16-44-17-18-45-26-6-3-24(4-7-26)13-14-38/h3-12,19-21H,13-18H2,1-2H3,(H,39,42). The van der Waals surface area contributed by atoms with Crippen molar-refractivity contribution >= 4 is 35.4 Å². The van der Waals surface area contributed by atoms with Gasteiger partial charge in [0, 0.05) is 60.7 Å². The van der Waals surface area contributed by atoms with Crippen LogP contribution in [0, 0.1) is 0 Å². The van der Waals surface area contributed by atoms with Gasteiger partial charge in [0.1, 0.15) is 35.4 Å². The van der Waals surface area contributed by atoms with Crippen molar-refractivity contribution in [1.82, 2.24) is 5.32 Å². The summed E-state index contributed by atoms with van der Waals surface area (Å²) in [5.41, 5.74) is 1.57. The Bertz CT molecular complexity index is 1860. The van der Waals surface area contributed by atoms with Crippen molar-refractivity contribution < 1.29 is 47.6 Å². The molecule has 4 aromatic carbocycles. The Morgan fingerprint density at radius 3 is 1.98 bits per heavy atom. The number of rotatable bonds is 12. The van der Waals surface area contributed by atoms with Crippen molar-refractivity contribution in [2.75, 3.05) is 32.2 Å². The number of fused-ring (bicyclic) bond motifs is 6. The van der Waals surface area contributed by atoms with E-state index in [9.17, 15) is 19.2 Å². The highest BCUT2D eigenvalue weighted by molar-refractivity contribution is 6.18. The number of halogens is 1. The SMILES string of the molecule is CC(=O)Oc1ccc2c(c1)Oc1cc(OC(C)=O)ccc1C21OC(=O)c2cc(C(=O)NCCOCCOc3ccc(CCCl)cc3)ccc21. The number of hydrogen-bond donors (Lipinski definition) is 1. The molecule has 0 atom stereocenters. The minimum absolute atomic E-state index is 0.198. The van der Waals surface area contributed by atoms with Gasteiger partial charge in [0.25, 0.3) is 5.91 Å². The molecule has 0 unspecified atom stereocenters. The Kier molecular flexibility index (Phi) is 9.84. The van der Waals surface area contributed by atoms with E-state index < -0.39 is 29.4 Å². The lowest BCUT2D eigenvalue weighted by Crippen LogP contribution is -2.33. The van der Waals surface area contributed by atoms with Gasteiger partial charge in [-0.3, -0.25) is 14.4 Å². The molecule has 0 saturated carbocycles. The molecule has 1 N–H and O–H groups in total. The van der Waals surface area contributed by atoms with Crippen LogP contribution in [0.2, 0.25) is 0 Å². The summed E-state index contributed by atoms with van der Waals surface area (Å²) < 4.78 is 34.1. The summed E-state index contributed by atoms with van der Waals surface area (Å²) in [6.45, 7) is 3.75. The number of ether oxygens (including phenoxy) is 6. The Morgan fingerprint density at radius 2 is 1.37 bits per heavy atom. The molecule has 0 bridgehead atoms. The zero-order valence-electron chi connectivity index (χ0n) is 26.7. The van der Waals surface area contributed by atoms with E-state index in [1.54, 1.807) is 36.4 Å². The van der Waals surface area contributed by atoms with Crippen molar-refractivity contribution in [1.29, 1.82) is 0 Å². The molecule has 4 aromatic rings. The van der Waals surface area contributed by atoms with Crippen molar-refractivity contribution in [3.05, 3.63) is 112 Å². The molecule has 2 heterocycles. The smallest absolute Gasteiger partial charge is 0.340 e. The Balaban J connectivity index is 1.16. The predicted octanol–water partition coefficient (Wildman–Crippen LogP) is 5.71. The number of alkyl halides is 1. The van der Waals surface area contributed by atoms with Crippen LogP contribution >= 0.6 is 11.6 Å². The number of esters is 3. The number of carbonyl (C=O) groups excluding carboxylic acids is 4. The molecule has 12 heteroatoms. The predicted molar refractivity (Wildman–Crippen MR) is 177 cm³/mol. The molecule has 0 aromatic heterocycles. The molecule has 11 nitrogen and oxygen atoms in total. The summed E-state index contributed by atoms with van der Waals surface area (Å²) in [5.74, 6) is 0.196. The molecule has 0 aliphatic carbocycles. The minimum atomic E-state index is -1.46. The Morgan fingerprint density at radius 1 is 0.755 bits per heavy atom. The van der Waals surface area contributed by atoms with E-state index in [2.05, 4.69) is 5.32 Å². The lowest BCUT2D eigenvalue weighted by atomic mass is 9.77. The molecule has 0 saturated heterocycles. The van der Waals surface area contributed by atoms with Crippen LogP contribution in [-0.4, -0.2) is 56.1 Å². The zero-order valence-corrected chi connectivity index (χ0v) is 27.5. The van der Waals surface area contributed by atoms with E-state index in [0.29, 0.717) is 35.8 Å². The fourth-order valence-corrected chi connectivity index (χ4v) is 6.03. The Labute approximate surface area is 287 Å². The topological polar surface area (TPSA) is 136 Å². The quantitative estimate of drug-likeness (QED) is 0.0855. The van der Waals surface area contributed by atoms with Gasteiger partial charge in [0.2, 0.25) is 0 Å². The molecular weight excluding hydrogens is 654 g/mol. The van der Waals surface area contributed by atoms with Crippen molar-refractivity contribution in [3.63, 3.8) is 0 Å². The molecule has 2 aliphatic heterocycles. The van der Waals surface area contributed by atoms with Gasteiger partial charge in [-0.05, 0) is 60.5 Å². The zero-order chi connectivity index (χ0) is 34.5. The maximum Gasteiger partial charge on any atom is 0.340 e. The number of nitrogens with one attached hydrogen (secondary N) is 1. The van der Waals surface area contributed by atoms with Gasteiger partial charge in [-0.15, -0.1) is 11.6 Å². The van der Waals surface area contributed by atoms with Gasteiger partial charge in [-0.1, -0.05) is 18.2 Å². The van der Waals surface area contributed by atoms with Gasteiger partial charge < -0.3 is 33.7 Å². The second-order valence-corrected chi connectivity index (χ2v) is 11.6. The van der Waals surface area contributed by atoms with E-state index in [4.69, 9.17) is 40.0 Å². The monoisotopic (exact) mass is 685 g/mol. The van der Waals surface area contributed by atoms with Crippen LogP contribution in [0.15, 0.2) is 78.9 Å². The van der Waals surface area contributed by atoms with Gasteiger partial charge in [0.05, 0.1) is 18.8 Å². The fourth-order valence-electron chi connectivity index (χ4n) is 5.81. The highest BCUT2D eigenvalue weighted by Crippen LogP contribution is 2.57. The van der Waals surface area contributed by atoms with E-state index >= 15 is 0 Å². The number of carbonyl (C=O) groups is 4. The average molecular weight is 686 g/mol. The normalized spacial score (nSPS) is 13.3. The first kappa shape index (κ1) is 33.5. The summed E-state index contributed by atoms with van der Waals surface area (Å²) in [5, 5.41) is 2.81. The summed E-state index contributed by atoms with van der Waals surface area (Å²) in [4.78, 5) is 49.8. The highest BCUT2D eigenvalue weighted by atomic mass is 35.5. The van der Waals surface area contributed by atoms with Crippen LogP contribution < -0.4 is 24.3 Å². The maximum absolute atomic E-state index is 13.5. The number of benzene rings is 4. The van der Waals surface area contributed by atoms with Crippen molar-refractivity contribution in [3.8, 4) is 28.7 Å². The molecule has 0 radical (unpaired) electrons. The third kappa shape index (κ3) is 7.08. The molecular formula is C37H32ClNO10. The lowest BCUT2D eigenvalue weighted by Gasteiger charge is -2.36. The number of amides is 1. The first-order valence-electron chi connectivity index (χ1n) is 15.5. The van der Waals surface area contributed by atoms with Crippen LogP contribution in [0.5, 0.6) is 28.7 Å². The molecule has 2 aliphatic rings. The summed E-state index contributed by atoms with van der Waals surface area (Å²) >= 11 is 5.77. The molecule has 6 rings (SSSR count). The van der Waals surface area contributed by atoms with E-state index in [1.807, 2.05) is 24.3 Å². The maximum atomic E-state index is 13.5. The van der Waals surface area contributed by atoms with Gasteiger partial charge in [-0.25, -0.2) is 4.79 Å². The number of aryl methyl sites for hydroxylation is 1. The van der Waals surface area contributed by atoms with Crippen molar-refractivity contribution in [2.24, 2.45) is 0 Å². The third-order valence-electron chi connectivity index (χ3n) is 7.87. The van der Waals surface area contributed by atoms with E-state index in [-0.39, 0.29) is 47.3 Å². The molecule has 49 heavy (non-hydrogen) atoms. The van der Waals surface area contributed by atoms with Gasteiger partial charge in [0.15, 0.2) is 5.60 Å². The van der Waals surface area contributed by atoms with Gasteiger partial charge >= 0.3 is 17.9 Å². The lowest BCUT2D eigenvalue weighted by molar-refractivity contribution is -0.132.